The van der Waals surface area contributed by atoms with Crippen LogP contribution in [0.3, 0.4) is 0 Å². The second-order valence-electron chi connectivity index (χ2n) is 12.9. The first-order chi connectivity index (χ1) is 22.3. The molecule has 0 aromatic heterocycles. The number of carbonyl (C=O) groups excluding carboxylic acids is 3. The molecule has 0 spiro atoms. The maximum atomic E-state index is 16.7. The van der Waals surface area contributed by atoms with E-state index >= 15 is 4.39 Å². The number of halogens is 3. The number of hydrogen-bond donors (Lipinski definition) is 0. The SMILES string of the molecule is CO[C@]1(c2ccc(Cl)cc2)c2c(F)cc(C(=O)C3CCOCC3)cc2C(=O)N1[C@H](c1ccc(Cl)cc1)[C@H](C)C(=O)OCCS(C)(C)C. The van der Waals surface area contributed by atoms with E-state index in [1.54, 1.807) is 55.5 Å². The van der Waals surface area contributed by atoms with Crippen LogP contribution in [0.1, 0.15) is 63.2 Å². The third-order valence-electron chi connectivity index (χ3n) is 8.90. The minimum atomic E-state index is -1.84. The number of ketones is 1. The molecule has 2 aliphatic heterocycles. The van der Waals surface area contributed by atoms with E-state index < -0.39 is 45.4 Å². The topological polar surface area (TPSA) is 82.1 Å². The first kappa shape index (κ1) is 35.4. The maximum Gasteiger partial charge on any atom is 0.311 e. The van der Waals surface area contributed by atoms with Crippen molar-refractivity contribution in [2.24, 2.45) is 11.8 Å². The molecule has 0 aliphatic carbocycles. The van der Waals surface area contributed by atoms with Crippen molar-refractivity contribution in [3.63, 3.8) is 0 Å². The molecule has 1 amide bonds. The molecule has 7 nitrogen and oxygen atoms in total. The molecular formula is C36H40Cl2FNO6S. The highest BCUT2D eigenvalue weighted by molar-refractivity contribution is 8.32. The van der Waals surface area contributed by atoms with Gasteiger partial charge in [-0.1, -0.05) is 47.5 Å². The zero-order chi connectivity index (χ0) is 34.1. The van der Waals surface area contributed by atoms with Gasteiger partial charge in [0.05, 0.1) is 29.7 Å². The summed E-state index contributed by atoms with van der Waals surface area (Å²) in [7, 11) is 0.454. The van der Waals surface area contributed by atoms with Gasteiger partial charge < -0.3 is 14.2 Å². The standard InChI is InChI=1S/C36H40Cl2FNO6S/c1-22(35(43)46-18-19-47(3,4)5)32(23-6-10-27(37)11-7-23)40-34(42)29-20-25(33(41)24-14-16-45-17-15-24)21-30(39)31(29)36(40,44-2)26-8-12-28(38)13-9-26/h6-13,20-22,24,32H,14-19H2,1-5H3/t22-,32-,36+/m0/s1. The number of esters is 1. The number of benzene rings is 3. The Bertz CT molecular complexity index is 1640. The Morgan fingerprint density at radius 2 is 1.62 bits per heavy atom. The molecular weight excluding hydrogens is 664 g/mol. The van der Waals surface area contributed by atoms with Crippen LogP contribution in [0.25, 0.3) is 0 Å². The van der Waals surface area contributed by atoms with Gasteiger partial charge in [0.1, 0.15) is 5.82 Å². The summed E-state index contributed by atoms with van der Waals surface area (Å²) in [5, 5.41) is 0.895. The fraction of sp³-hybridized carbons (Fsp3) is 0.417. The Kier molecular flexibility index (Phi) is 10.7. The van der Waals surface area contributed by atoms with E-state index in [1.165, 1.54) is 24.1 Å². The van der Waals surface area contributed by atoms with Crippen LogP contribution in [0.5, 0.6) is 0 Å². The average molecular weight is 705 g/mol. The summed E-state index contributed by atoms with van der Waals surface area (Å²) < 4.78 is 34.1. The molecule has 0 N–H and O–H groups in total. The molecule has 5 rings (SSSR count). The molecule has 252 valence electrons. The third kappa shape index (κ3) is 7.10. The van der Waals surface area contributed by atoms with Crippen LogP contribution in [-0.4, -0.2) is 74.0 Å². The lowest BCUT2D eigenvalue weighted by molar-refractivity contribution is -0.155. The second kappa shape index (κ2) is 14.3. The average Bonchev–Trinajstić information content (AvgIpc) is 3.30. The quantitative estimate of drug-likeness (QED) is 0.151. The number of fused-ring (bicyclic) bond motifs is 1. The molecule has 1 saturated heterocycles. The smallest absolute Gasteiger partial charge is 0.311 e. The number of Topliss-reactive ketones (excluding diaryl/α,β-unsaturated/α-hetero) is 1. The monoisotopic (exact) mass is 703 g/mol. The zero-order valence-corrected chi connectivity index (χ0v) is 29.5. The van der Waals surface area contributed by atoms with Gasteiger partial charge in [-0.3, -0.25) is 19.3 Å². The lowest BCUT2D eigenvalue weighted by atomic mass is 9.86. The molecule has 47 heavy (non-hydrogen) atoms. The van der Waals surface area contributed by atoms with Crippen LogP contribution in [0, 0.1) is 17.7 Å². The lowest BCUT2D eigenvalue weighted by Gasteiger charge is -2.44. The number of amides is 1. The first-order valence-electron chi connectivity index (χ1n) is 15.5. The summed E-state index contributed by atoms with van der Waals surface area (Å²) in [4.78, 5) is 43.5. The van der Waals surface area contributed by atoms with E-state index in [0.717, 1.165) is 0 Å². The van der Waals surface area contributed by atoms with Gasteiger partial charge in [0.2, 0.25) is 0 Å². The van der Waals surface area contributed by atoms with Crippen molar-refractivity contribution in [1.82, 2.24) is 4.90 Å². The van der Waals surface area contributed by atoms with Crippen LogP contribution in [0.4, 0.5) is 4.39 Å². The first-order valence-corrected chi connectivity index (χ1v) is 19.3. The summed E-state index contributed by atoms with van der Waals surface area (Å²) in [6, 6.07) is 15.0. The van der Waals surface area contributed by atoms with Crippen LogP contribution < -0.4 is 0 Å². The summed E-state index contributed by atoms with van der Waals surface area (Å²) in [6.07, 6.45) is 7.43. The van der Waals surface area contributed by atoms with E-state index in [2.05, 4.69) is 18.8 Å². The Balaban J connectivity index is 1.69. The number of methoxy groups -OCH3 is 1. The van der Waals surface area contributed by atoms with Gasteiger partial charge in [-0.05, 0) is 80.5 Å². The van der Waals surface area contributed by atoms with Gasteiger partial charge in [0, 0.05) is 53.2 Å². The molecule has 2 aliphatic rings. The molecule has 3 aromatic rings. The molecule has 0 unspecified atom stereocenters. The molecule has 0 saturated carbocycles. The van der Waals surface area contributed by atoms with Crippen molar-refractivity contribution in [3.8, 4) is 0 Å². The minimum Gasteiger partial charge on any atom is -0.465 e. The second-order valence-corrected chi connectivity index (χ2v) is 18.4. The Morgan fingerprint density at radius 3 is 2.19 bits per heavy atom. The number of rotatable bonds is 11. The molecule has 3 aromatic carbocycles. The number of ether oxygens (including phenoxy) is 3. The number of hydrogen-bond acceptors (Lipinski definition) is 6. The van der Waals surface area contributed by atoms with Crippen molar-refractivity contribution >= 4 is 50.9 Å². The highest BCUT2D eigenvalue weighted by Crippen LogP contribution is 2.52. The van der Waals surface area contributed by atoms with E-state index in [4.69, 9.17) is 37.4 Å². The third-order valence-corrected chi connectivity index (χ3v) is 10.8. The van der Waals surface area contributed by atoms with Gasteiger partial charge in [0.25, 0.3) is 5.91 Å². The largest absolute Gasteiger partial charge is 0.465 e. The molecule has 0 radical (unpaired) electrons. The number of carbonyl (C=O) groups is 3. The molecule has 1 fully saturated rings. The van der Waals surface area contributed by atoms with Crippen molar-refractivity contribution in [2.45, 2.75) is 31.5 Å². The van der Waals surface area contributed by atoms with Crippen molar-refractivity contribution in [3.05, 3.63) is 104 Å². The van der Waals surface area contributed by atoms with Gasteiger partial charge >= 0.3 is 5.97 Å². The predicted molar refractivity (Wildman–Crippen MR) is 184 cm³/mol. The summed E-state index contributed by atoms with van der Waals surface area (Å²) in [5.74, 6) is -2.69. The summed E-state index contributed by atoms with van der Waals surface area (Å²) in [6.45, 7) is 2.78. The van der Waals surface area contributed by atoms with Crippen molar-refractivity contribution in [1.29, 1.82) is 0 Å². The van der Waals surface area contributed by atoms with E-state index in [-0.39, 0.29) is 35.0 Å². The van der Waals surface area contributed by atoms with Gasteiger partial charge in [-0.2, -0.15) is 0 Å². The summed E-state index contributed by atoms with van der Waals surface area (Å²) >= 11 is 12.5. The van der Waals surface area contributed by atoms with Crippen LogP contribution in [0.15, 0.2) is 60.7 Å². The zero-order valence-electron chi connectivity index (χ0n) is 27.2. The van der Waals surface area contributed by atoms with Crippen LogP contribution in [-0.2, 0) is 24.7 Å². The van der Waals surface area contributed by atoms with E-state index in [9.17, 15) is 14.4 Å². The van der Waals surface area contributed by atoms with Gasteiger partial charge in [0.15, 0.2) is 11.5 Å². The van der Waals surface area contributed by atoms with Crippen LogP contribution in [0.2, 0.25) is 10.0 Å². The predicted octanol–water partition coefficient (Wildman–Crippen LogP) is 7.66. The Hall–Kier alpha value is -2.95. The molecule has 0 bridgehead atoms. The van der Waals surface area contributed by atoms with Crippen molar-refractivity contribution in [2.75, 3.05) is 51.5 Å². The highest BCUT2D eigenvalue weighted by atomic mass is 35.5. The Morgan fingerprint density at radius 1 is 1.02 bits per heavy atom. The van der Waals surface area contributed by atoms with E-state index in [1.807, 2.05) is 0 Å². The van der Waals surface area contributed by atoms with Gasteiger partial charge in [-0.25, -0.2) is 14.4 Å². The lowest BCUT2D eigenvalue weighted by Crippen LogP contribution is -2.51. The van der Waals surface area contributed by atoms with Crippen LogP contribution >= 0.6 is 33.2 Å². The normalized spacial score (nSPS) is 20.1. The molecule has 3 atom stereocenters. The van der Waals surface area contributed by atoms with Gasteiger partial charge in [-0.15, -0.1) is 0 Å². The molecule has 2 heterocycles. The maximum absolute atomic E-state index is 16.7. The summed E-state index contributed by atoms with van der Waals surface area (Å²) in [5.41, 5.74) is -0.828. The highest BCUT2D eigenvalue weighted by Gasteiger charge is 2.58. The fourth-order valence-corrected chi connectivity index (χ4v) is 7.26. The Labute approximate surface area is 287 Å². The van der Waals surface area contributed by atoms with E-state index in [0.29, 0.717) is 53.0 Å². The number of nitrogens with zero attached hydrogens (tertiary/aromatic N) is 1. The molecule has 11 heteroatoms. The fourth-order valence-electron chi connectivity index (χ4n) is 6.42. The minimum absolute atomic E-state index is 0.0203. The van der Waals surface area contributed by atoms with Crippen molar-refractivity contribution < 1.29 is 33.0 Å².